The van der Waals surface area contributed by atoms with Crippen molar-refractivity contribution in [3.05, 3.63) is 52.6 Å². The number of rotatable bonds is 4. The van der Waals surface area contributed by atoms with Gasteiger partial charge in [-0.1, -0.05) is 17.7 Å². The van der Waals surface area contributed by atoms with Crippen molar-refractivity contribution >= 4 is 29.8 Å². The van der Waals surface area contributed by atoms with Gasteiger partial charge < -0.3 is 15.0 Å². The maximum absolute atomic E-state index is 13.9. The lowest BCUT2D eigenvalue weighted by atomic mass is 10.2. The standard InChI is InChI=1S/C17H18ClF2N3O.ClH/c1-11-9-23(7-6-21-11)16-5-4-14(19)17(22-16)24-10-12-2-3-13(18)8-15(12)20;/h2-5,8,11,21H,6-7,9-10H2,1H3;1H/t11-;/m0./s1. The highest BCUT2D eigenvalue weighted by atomic mass is 35.5. The number of aromatic nitrogens is 1. The zero-order valence-corrected chi connectivity index (χ0v) is 15.2. The monoisotopic (exact) mass is 389 g/mol. The predicted molar refractivity (Wildman–Crippen MR) is 96.9 cm³/mol. The Kier molecular flexibility index (Phi) is 6.81. The summed E-state index contributed by atoms with van der Waals surface area (Å²) in [4.78, 5) is 6.31. The molecule has 0 radical (unpaired) electrons. The van der Waals surface area contributed by atoms with Gasteiger partial charge in [0, 0.05) is 36.3 Å². The quantitative estimate of drug-likeness (QED) is 0.862. The smallest absolute Gasteiger partial charge is 0.252 e. The number of nitrogens with one attached hydrogen (secondary N) is 1. The Morgan fingerprint density at radius 1 is 1.28 bits per heavy atom. The van der Waals surface area contributed by atoms with Crippen LogP contribution in [0.25, 0.3) is 0 Å². The zero-order chi connectivity index (χ0) is 17.1. The van der Waals surface area contributed by atoms with Crippen LogP contribution < -0.4 is 15.0 Å². The minimum Gasteiger partial charge on any atom is -0.471 e. The van der Waals surface area contributed by atoms with E-state index in [1.807, 2.05) is 0 Å². The minimum atomic E-state index is -0.573. The largest absolute Gasteiger partial charge is 0.471 e. The highest BCUT2D eigenvalue weighted by Crippen LogP contribution is 2.23. The third-order valence-electron chi connectivity index (χ3n) is 3.87. The zero-order valence-electron chi connectivity index (χ0n) is 13.6. The molecule has 1 atom stereocenters. The molecule has 25 heavy (non-hydrogen) atoms. The van der Waals surface area contributed by atoms with Gasteiger partial charge in [0.25, 0.3) is 5.88 Å². The molecule has 1 aliphatic rings. The number of halogens is 4. The summed E-state index contributed by atoms with van der Waals surface area (Å²) in [5.74, 6) is -0.546. The molecule has 1 aromatic heterocycles. The van der Waals surface area contributed by atoms with E-state index in [9.17, 15) is 8.78 Å². The molecule has 1 aromatic carbocycles. The average Bonchev–Trinajstić information content (AvgIpc) is 2.55. The lowest BCUT2D eigenvalue weighted by molar-refractivity contribution is 0.272. The summed E-state index contributed by atoms with van der Waals surface area (Å²) >= 11 is 5.71. The summed E-state index contributed by atoms with van der Waals surface area (Å²) in [7, 11) is 0. The molecule has 1 saturated heterocycles. The van der Waals surface area contributed by atoms with E-state index >= 15 is 0 Å². The number of piperazine rings is 1. The van der Waals surface area contributed by atoms with Crippen LogP contribution in [0, 0.1) is 11.6 Å². The van der Waals surface area contributed by atoms with Gasteiger partial charge in [0.1, 0.15) is 18.2 Å². The van der Waals surface area contributed by atoms with Gasteiger partial charge >= 0.3 is 0 Å². The summed E-state index contributed by atoms with van der Waals surface area (Å²) in [5.41, 5.74) is 0.293. The molecule has 1 fully saturated rings. The van der Waals surface area contributed by atoms with E-state index in [0.29, 0.717) is 22.4 Å². The molecule has 2 heterocycles. The van der Waals surface area contributed by atoms with E-state index in [1.165, 1.54) is 18.2 Å². The number of hydrogen-bond acceptors (Lipinski definition) is 4. The van der Waals surface area contributed by atoms with Crippen LogP contribution in [-0.4, -0.2) is 30.7 Å². The van der Waals surface area contributed by atoms with Gasteiger partial charge in [0.2, 0.25) is 0 Å². The summed E-state index contributed by atoms with van der Waals surface area (Å²) in [5, 5.41) is 3.64. The van der Waals surface area contributed by atoms with Gasteiger partial charge in [0.15, 0.2) is 5.82 Å². The van der Waals surface area contributed by atoms with Crippen molar-refractivity contribution in [1.82, 2.24) is 10.3 Å². The lowest BCUT2D eigenvalue weighted by Crippen LogP contribution is -2.49. The van der Waals surface area contributed by atoms with Crippen LogP contribution in [0.5, 0.6) is 5.88 Å². The maximum atomic E-state index is 13.9. The first kappa shape index (κ1) is 19.7. The van der Waals surface area contributed by atoms with Crippen LogP contribution in [0.15, 0.2) is 30.3 Å². The highest BCUT2D eigenvalue weighted by Gasteiger charge is 2.18. The lowest BCUT2D eigenvalue weighted by Gasteiger charge is -2.32. The Morgan fingerprint density at radius 2 is 2.08 bits per heavy atom. The van der Waals surface area contributed by atoms with Gasteiger partial charge in [-0.25, -0.2) is 8.78 Å². The second-order valence-electron chi connectivity index (χ2n) is 5.78. The molecule has 0 aliphatic carbocycles. The summed E-state index contributed by atoms with van der Waals surface area (Å²) < 4.78 is 33.1. The van der Waals surface area contributed by atoms with Crippen LogP contribution in [-0.2, 0) is 6.61 Å². The van der Waals surface area contributed by atoms with Crippen molar-refractivity contribution < 1.29 is 13.5 Å². The first-order chi connectivity index (χ1) is 11.5. The number of ether oxygens (including phenoxy) is 1. The van der Waals surface area contributed by atoms with Crippen molar-refractivity contribution in [3.63, 3.8) is 0 Å². The average molecular weight is 390 g/mol. The van der Waals surface area contributed by atoms with Gasteiger partial charge in [0.05, 0.1) is 0 Å². The van der Waals surface area contributed by atoms with Gasteiger partial charge in [-0.15, -0.1) is 12.4 Å². The number of anilines is 1. The van der Waals surface area contributed by atoms with Crippen molar-refractivity contribution in [1.29, 1.82) is 0 Å². The van der Waals surface area contributed by atoms with Gasteiger partial charge in [-0.05, 0) is 31.2 Å². The molecule has 3 rings (SSSR count). The van der Waals surface area contributed by atoms with Gasteiger partial charge in [-0.3, -0.25) is 0 Å². The second-order valence-corrected chi connectivity index (χ2v) is 6.22. The predicted octanol–water partition coefficient (Wildman–Crippen LogP) is 3.81. The third kappa shape index (κ3) is 4.93. The first-order valence-electron chi connectivity index (χ1n) is 7.74. The normalized spacial score (nSPS) is 17.1. The van der Waals surface area contributed by atoms with Gasteiger partial charge in [-0.2, -0.15) is 4.98 Å². The molecule has 1 N–H and O–H groups in total. The van der Waals surface area contributed by atoms with Crippen molar-refractivity contribution in [2.45, 2.75) is 19.6 Å². The SMILES string of the molecule is C[C@H]1CN(c2ccc(F)c(OCc3ccc(Cl)cc3F)n2)CCN1.Cl. The van der Waals surface area contributed by atoms with E-state index in [2.05, 4.69) is 22.1 Å². The number of pyridine rings is 1. The maximum Gasteiger partial charge on any atom is 0.252 e. The Bertz CT molecular complexity index is 733. The van der Waals surface area contributed by atoms with E-state index in [0.717, 1.165) is 19.6 Å². The minimum absolute atomic E-state index is 0. The summed E-state index contributed by atoms with van der Waals surface area (Å²) in [6.45, 7) is 4.37. The highest BCUT2D eigenvalue weighted by molar-refractivity contribution is 6.30. The number of hydrogen-bond donors (Lipinski definition) is 1. The summed E-state index contributed by atoms with van der Waals surface area (Å²) in [6, 6.07) is 7.55. The fourth-order valence-electron chi connectivity index (χ4n) is 2.62. The molecule has 1 aliphatic heterocycles. The van der Waals surface area contributed by atoms with Crippen LogP contribution in [0.3, 0.4) is 0 Å². The second kappa shape index (κ2) is 8.65. The van der Waals surface area contributed by atoms with Crippen LogP contribution >= 0.6 is 24.0 Å². The molecule has 0 amide bonds. The van der Waals surface area contributed by atoms with E-state index in [4.69, 9.17) is 16.3 Å². The third-order valence-corrected chi connectivity index (χ3v) is 4.11. The van der Waals surface area contributed by atoms with E-state index in [1.54, 1.807) is 12.1 Å². The van der Waals surface area contributed by atoms with Crippen LogP contribution in [0.4, 0.5) is 14.6 Å². The molecule has 4 nitrogen and oxygen atoms in total. The Balaban J connectivity index is 0.00000225. The molecule has 2 aromatic rings. The topological polar surface area (TPSA) is 37.4 Å². The van der Waals surface area contributed by atoms with Crippen LogP contribution in [0.1, 0.15) is 12.5 Å². The fraction of sp³-hybridized carbons (Fsp3) is 0.353. The number of nitrogens with zero attached hydrogens (tertiary/aromatic N) is 2. The molecular weight excluding hydrogens is 371 g/mol. The molecule has 0 bridgehead atoms. The van der Waals surface area contributed by atoms with Crippen molar-refractivity contribution in [3.8, 4) is 5.88 Å². The molecule has 0 unspecified atom stereocenters. The molecule has 0 saturated carbocycles. The van der Waals surface area contributed by atoms with E-state index in [-0.39, 0.29) is 24.9 Å². The molecule has 0 spiro atoms. The first-order valence-corrected chi connectivity index (χ1v) is 8.12. The van der Waals surface area contributed by atoms with Crippen molar-refractivity contribution in [2.24, 2.45) is 0 Å². The fourth-order valence-corrected chi connectivity index (χ4v) is 2.78. The Labute approximate surface area is 156 Å². The Hall–Kier alpha value is -1.63. The number of benzene rings is 1. The summed E-state index contributed by atoms with van der Waals surface area (Å²) in [6.07, 6.45) is 0. The molecule has 136 valence electrons. The Morgan fingerprint density at radius 3 is 2.80 bits per heavy atom. The molecule has 8 heteroatoms. The van der Waals surface area contributed by atoms with Crippen LogP contribution in [0.2, 0.25) is 5.02 Å². The molecular formula is C17H19Cl2F2N3O. The van der Waals surface area contributed by atoms with Crippen molar-refractivity contribution in [2.75, 3.05) is 24.5 Å². The van der Waals surface area contributed by atoms with E-state index < -0.39 is 11.6 Å².